The van der Waals surface area contributed by atoms with Gasteiger partial charge in [-0.1, -0.05) is 70.2 Å². The van der Waals surface area contributed by atoms with E-state index < -0.39 is 23.4 Å². The van der Waals surface area contributed by atoms with Crippen molar-refractivity contribution in [2.45, 2.75) is 64.6 Å². The number of benzene rings is 2. The van der Waals surface area contributed by atoms with Crippen molar-refractivity contribution in [2.24, 2.45) is 11.8 Å². The summed E-state index contributed by atoms with van der Waals surface area (Å²) >= 11 is 0. The predicted molar refractivity (Wildman–Crippen MR) is 139 cm³/mol. The van der Waals surface area contributed by atoms with Crippen molar-refractivity contribution >= 4 is 23.6 Å². The third-order valence-electron chi connectivity index (χ3n) is 8.52. The maximum absolute atomic E-state index is 14.1. The monoisotopic (exact) mass is 501 g/mol. The topological polar surface area (TPSA) is 78.0 Å². The molecule has 7 heteroatoms. The second-order valence-electron chi connectivity index (χ2n) is 11.4. The maximum atomic E-state index is 14.1. The number of fused-ring (bicyclic) bond motifs is 5. The van der Waals surface area contributed by atoms with Gasteiger partial charge in [0.2, 0.25) is 17.7 Å². The van der Waals surface area contributed by atoms with Crippen LogP contribution in [0.3, 0.4) is 0 Å². The summed E-state index contributed by atoms with van der Waals surface area (Å²) in [6, 6.07) is 16.3. The molecule has 0 aromatic heterocycles. The standard InChI is InChI=1S/C30H35N3O4/c1-6-30-24-23(26(35)32(27(24)36)17-19-11-9-8-10-12-19)22(18-31(7-2)28(30)37)33(30)25(34)20-13-15-21(16-14-20)29(3,4)5/h8-16,22-24H,6-7,17-18H2,1-5H3/t22?,23?,24?,30-/m1/s1. The van der Waals surface area contributed by atoms with Crippen LogP contribution in [0.2, 0.25) is 0 Å². The van der Waals surface area contributed by atoms with E-state index in [2.05, 4.69) is 20.8 Å². The summed E-state index contributed by atoms with van der Waals surface area (Å²) in [5.41, 5.74) is 0.985. The molecule has 2 aromatic carbocycles. The fourth-order valence-corrected chi connectivity index (χ4v) is 6.58. The molecule has 3 aliphatic heterocycles. The lowest BCUT2D eigenvalue weighted by molar-refractivity contribution is -0.157. The molecule has 0 aliphatic carbocycles. The van der Waals surface area contributed by atoms with Crippen LogP contribution in [0.1, 0.15) is 62.5 Å². The first-order valence-corrected chi connectivity index (χ1v) is 13.2. The summed E-state index contributed by atoms with van der Waals surface area (Å²) < 4.78 is 0. The molecular weight excluding hydrogens is 466 g/mol. The number of likely N-dealkylation sites (tertiary alicyclic amines) is 2. The normalized spacial score (nSPS) is 27.2. The highest BCUT2D eigenvalue weighted by atomic mass is 16.2. The predicted octanol–water partition coefficient (Wildman–Crippen LogP) is 3.62. The van der Waals surface area contributed by atoms with Gasteiger partial charge in [-0.25, -0.2) is 0 Å². The number of amides is 4. The second-order valence-corrected chi connectivity index (χ2v) is 11.4. The van der Waals surface area contributed by atoms with E-state index in [1.165, 1.54) is 4.90 Å². The lowest BCUT2D eigenvalue weighted by Crippen LogP contribution is -2.69. The average molecular weight is 502 g/mol. The zero-order chi connectivity index (χ0) is 26.7. The van der Waals surface area contributed by atoms with Gasteiger partial charge in [0, 0.05) is 18.7 Å². The number of hydrogen-bond donors (Lipinski definition) is 0. The van der Waals surface area contributed by atoms with Gasteiger partial charge in [0.25, 0.3) is 5.91 Å². The summed E-state index contributed by atoms with van der Waals surface area (Å²) in [5.74, 6) is -2.76. The second kappa shape index (κ2) is 8.82. The molecule has 0 radical (unpaired) electrons. The van der Waals surface area contributed by atoms with E-state index in [1.807, 2.05) is 56.3 Å². The molecule has 5 rings (SSSR count). The molecule has 7 nitrogen and oxygen atoms in total. The number of piperazine rings is 1. The molecule has 3 aliphatic rings. The minimum absolute atomic E-state index is 0.0635. The molecule has 3 saturated heterocycles. The molecule has 2 bridgehead atoms. The van der Waals surface area contributed by atoms with Crippen LogP contribution in [0.15, 0.2) is 54.6 Å². The third-order valence-corrected chi connectivity index (χ3v) is 8.52. The van der Waals surface area contributed by atoms with Crippen molar-refractivity contribution in [3.8, 4) is 0 Å². The Morgan fingerprint density at radius 3 is 2.16 bits per heavy atom. The Hall–Kier alpha value is -3.48. The molecule has 37 heavy (non-hydrogen) atoms. The molecule has 2 aromatic rings. The van der Waals surface area contributed by atoms with Gasteiger partial charge in [0.15, 0.2) is 0 Å². The molecule has 0 N–H and O–H groups in total. The Bertz CT molecular complexity index is 1250. The summed E-state index contributed by atoms with van der Waals surface area (Å²) in [4.78, 5) is 60.4. The van der Waals surface area contributed by atoms with Crippen LogP contribution in [-0.2, 0) is 26.3 Å². The van der Waals surface area contributed by atoms with Crippen LogP contribution in [0.4, 0.5) is 0 Å². The van der Waals surface area contributed by atoms with Gasteiger partial charge in [-0.05, 0) is 42.0 Å². The Morgan fingerprint density at radius 2 is 1.59 bits per heavy atom. The molecule has 0 spiro atoms. The van der Waals surface area contributed by atoms with E-state index in [9.17, 15) is 19.2 Å². The van der Waals surface area contributed by atoms with Crippen LogP contribution in [0.5, 0.6) is 0 Å². The van der Waals surface area contributed by atoms with Gasteiger partial charge < -0.3 is 9.80 Å². The zero-order valence-electron chi connectivity index (χ0n) is 22.2. The van der Waals surface area contributed by atoms with E-state index in [4.69, 9.17) is 0 Å². The smallest absolute Gasteiger partial charge is 0.255 e. The maximum Gasteiger partial charge on any atom is 0.255 e. The van der Waals surface area contributed by atoms with Crippen LogP contribution in [-0.4, -0.2) is 63.0 Å². The SMILES string of the molecule is CCN1CC2C3C(=O)N(Cc4ccccc4)C(=O)C3[C@](CC)(C1=O)N2C(=O)c1ccc(C(C)(C)C)cc1. The van der Waals surface area contributed by atoms with Gasteiger partial charge in [-0.2, -0.15) is 0 Å². The quantitative estimate of drug-likeness (QED) is 0.587. The largest absolute Gasteiger partial charge is 0.339 e. The van der Waals surface area contributed by atoms with E-state index in [0.717, 1.165) is 11.1 Å². The molecule has 4 amide bonds. The number of nitrogens with zero attached hydrogens (tertiary/aromatic N) is 3. The molecule has 3 unspecified atom stereocenters. The van der Waals surface area contributed by atoms with E-state index >= 15 is 0 Å². The molecular formula is C30H35N3O4. The third kappa shape index (κ3) is 3.62. The summed E-state index contributed by atoms with van der Waals surface area (Å²) in [5, 5.41) is 0. The number of likely N-dealkylation sites (N-methyl/N-ethyl adjacent to an activating group) is 1. The van der Waals surface area contributed by atoms with Gasteiger partial charge in [-0.3, -0.25) is 24.1 Å². The highest BCUT2D eigenvalue weighted by Gasteiger charge is 2.74. The number of carbonyl (C=O) groups excluding carboxylic acids is 4. The fourth-order valence-electron chi connectivity index (χ4n) is 6.58. The number of imide groups is 1. The Morgan fingerprint density at radius 1 is 0.946 bits per heavy atom. The van der Waals surface area contributed by atoms with Crippen LogP contribution in [0.25, 0.3) is 0 Å². The van der Waals surface area contributed by atoms with Crippen molar-refractivity contribution in [3.63, 3.8) is 0 Å². The summed E-state index contributed by atoms with van der Waals surface area (Å²) in [6.45, 7) is 11.0. The van der Waals surface area contributed by atoms with Gasteiger partial charge in [0.05, 0.1) is 24.4 Å². The van der Waals surface area contributed by atoms with Crippen molar-refractivity contribution < 1.29 is 19.2 Å². The summed E-state index contributed by atoms with van der Waals surface area (Å²) in [6.07, 6.45) is 0.268. The molecule has 194 valence electrons. The lowest BCUT2D eigenvalue weighted by atomic mass is 9.78. The first-order valence-electron chi connectivity index (χ1n) is 13.2. The highest BCUT2D eigenvalue weighted by Crippen LogP contribution is 2.54. The van der Waals surface area contributed by atoms with E-state index in [1.54, 1.807) is 21.9 Å². The Kier molecular flexibility index (Phi) is 6.00. The molecule has 4 atom stereocenters. The molecule has 0 saturated carbocycles. The average Bonchev–Trinajstić information content (AvgIpc) is 3.28. The van der Waals surface area contributed by atoms with E-state index in [0.29, 0.717) is 12.1 Å². The van der Waals surface area contributed by atoms with Crippen LogP contribution in [0, 0.1) is 11.8 Å². The minimum Gasteiger partial charge on any atom is -0.339 e. The van der Waals surface area contributed by atoms with Crippen molar-refractivity contribution in [3.05, 3.63) is 71.3 Å². The lowest BCUT2D eigenvalue weighted by Gasteiger charge is -2.49. The first-order chi connectivity index (χ1) is 17.6. The highest BCUT2D eigenvalue weighted by molar-refractivity contribution is 6.13. The Balaban J connectivity index is 1.56. The van der Waals surface area contributed by atoms with Crippen molar-refractivity contribution in [2.75, 3.05) is 13.1 Å². The van der Waals surface area contributed by atoms with Gasteiger partial charge >= 0.3 is 0 Å². The Labute approximate surface area is 218 Å². The van der Waals surface area contributed by atoms with Crippen molar-refractivity contribution in [1.82, 2.24) is 14.7 Å². The molecule has 3 heterocycles. The zero-order valence-corrected chi connectivity index (χ0v) is 22.2. The van der Waals surface area contributed by atoms with Gasteiger partial charge in [-0.15, -0.1) is 0 Å². The minimum atomic E-state index is -1.37. The van der Waals surface area contributed by atoms with Crippen LogP contribution >= 0.6 is 0 Å². The van der Waals surface area contributed by atoms with Gasteiger partial charge in [0.1, 0.15) is 5.54 Å². The van der Waals surface area contributed by atoms with E-state index in [-0.39, 0.29) is 48.6 Å². The number of hydrogen-bond acceptors (Lipinski definition) is 4. The fraction of sp³-hybridized carbons (Fsp3) is 0.467. The molecule has 3 fully saturated rings. The summed E-state index contributed by atoms with van der Waals surface area (Å²) in [7, 11) is 0. The first kappa shape index (κ1) is 25.2. The van der Waals surface area contributed by atoms with Crippen LogP contribution < -0.4 is 0 Å². The van der Waals surface area contributed by atoms with Crippen molar-refractivity contribution in [1.29, 1.82) is 0 Å². The number of rotatable bonds is 5. The number of carbonyl (C=O) groups is 4.